The summed E-state index contributed by atoms with van der Waals surface area (Å²) in [6, 6.07) is 0. The number of rotatable bonds is 9. The minimum Gasteiger partial charge on any atom is -0.468 e. The van der Waals surface area contributed by atoms with Crippen LogP contribution in [0.5, 0.6) is 0 Å². The van der Waals surface area contributed by atoms with Gasteiger partial charge in [0.05, 0.1) is 20.3 Å². The molecule has 0 aliphatic rings. The summed E-state index contributed by atoms with van der Waals surface area (Å²) < 4.78 is 9.90. The molecule has 0 atom stereocenters. The van der Waals surface area contributed by atoms with E-state index >= 15 is 0 Å². The van der Waals surface area contributed by atoms with Gasteiger partial charge in [0.2, 0.25) is 0 Å². The number of hydrogen-bond donors (Lipinski definition) is 0. The number of carbonyl (C=O) groups is 2. The van der Waals surface area contributed by atoms with Crippen molar-refractivity contribution >= 4 is 11.8 Å². The van der Waals surface area contributed by atoms with Crippen LogP contribution < -0.4 is 0 Å². The zero-order valence-electron chi connectivity index (χ0n) is 12.1. The number of likely N-dealkylation sites (N-methyl/N-ethyl adjacent to an activating group) is 1. The maximum atomic E-state index is 12.1. The van der Waals surface area contributed by atoms with E-state index in [9.17, 15) is 9.59 Å². The first-order chi connectivity index (χ1) is 8.39. The molecule has 0 aromatic heterocycles. The van der Waals surface area contributed by atoms with Crippen LogP contribution in [0.4, 0.5) is 0 Å². The summed E-state index contributed by atoms with van der Waals surface area (Å²) in [6.07, 6.45) is 0. The molecule has 0 saturated heterocycles. The molecule has 0 aliphatic carbocycles. The third-order valence-electron chi connectivity index (χ3n) is 2.96. The molecule has 0 saturated carbocycles. The molecule has 5 heteroatoms. The van der Waals surface area contributed by atoms with Crippen molar-refractivity contribution in [3.63, 3.8) is 0 Å². The first-order valence-corrected chi connectivity index (χ1v) is 6.31. The van der Waals surface area contributed by atoms with Gasteiger partial charge in [0.25, 0.3) is 0 Å². The predicted molar refractivity (Wildman–Crippen MR) is 69.4 cm³/mol. The largest absolute Gasteiger partial charge is 0.468 e. The molecule has 0 rings (SSSR count). The Bertz CT molecular complexity index is 276. The topological polar surface area (TPSA) is 55.8 Å². The fourth-order valence-corrected chi connectivity index (χ4v) is 1.46. The van der Waals surface area contributed by atoms with Gasteiger partial charge in [-0.3, -0.25) is 14.5 Å². The molecule has 0 amide bonds. The number of hydrogen-bond acceptors (Lipinski definition) is 5. The number of esters is 1. The molecule has 106 valence electrons. The smallest absolute Gasteiger partial charge is 0.318 e. The van der Waals surface area contributed by atoms with Crippen LogP contribution in [0, 0.1) is 5.41 Å². The molecular weight excluding hydrogens is 234 g/mol. The number of methoxy groups -OCH3 is 1. The van der Waals surface area contributed by atoms with Crippen LogP contribution in [0.3, 0.4) is 0 Å². The van der Waals surface area contributed by atoms with Gasteiger partial charge in [0, 0.05) is 13.2 Å². The fourth-order valence-electron chi connectivity index (χ4n) is 1.46. The molecule has 0 unspecified atom stereocenters. The number of carbonyl (C=O) groups excluding carboxylic acids is 2. The van der Waals surface area contributed by atoms with Crippen LogP contribution in [0.1, 0.15) is 27.7 Å². The Hall–Kier alpha value is -0.940. The van der Waals surface area contributed by atoms with E-state index in [1.807, 2.05) is 18.7 Å². The van der Waals surface area contributed by atoms with Crippen LogP contribution in [-0.2, 0) is 19.1 Å². The summed E-state index contributed by atoms with van der Waals surface area (Å²) in [5.41, 5.74) is -1.09. The number of Topliss-reactive ketones (excluding diaryl/α,β-unsaturated/α-hetero) is 1. The van der Waals surface area contributed by atoms with Crippen molar-refractivity contribution in [2.75, 3.05) is 40.0 Å². The molecule has 0 bridgehead atoms. The SMILES string of the molecule is CCOCCN(CC)CC(=O)C(C)(C)C(=O)OC. The van der Waals surface area contributed by atoms with Gasteiger partial charge in [-0.05, 0) is 27.3 Å². The molecule has 0 aromatic carbocycles. The van der Waals surface area contributed by atoms with Crippen molar-refractivity contribution in [3.05, 3.63) is 0 Å². The highest BCUT2D eigenvalue weighted by atomic mass is 16.5. The van der Waals surface area contributed by atoms with Crippen molar-refractivity contribution in [2.24, 2.45) is 5.41 Å². The average Bonchev–Trinajstić information content (AvgIpc) is 2.36. The molecule has 5 nitrogen and oxygen atoms in total. The molecule has 0 N–H and O–H groups in total. The second-order valence-electron chi connectivity index (χ2n) is 4.61. The zero-order chi connectivity index (χ0) is 14.2. The summed E-state index contributed by atoms with van der Waals surface area (Å²) in [7, 11) is 1.30. The Labute approximate surface area is 109 Å². The summed E-state index contributed by atoms with van der Waals surface area (Å²) in [6.45, 7) is 10.0. The molecule has 0 radical (unpaired) electrons. The monoisotopic (exact) mass is 259 g/mol. The highest BCUT2D eigenvalue weighted by Crippen LogP contribution is 2.19. The first-order valence-electron chi connectivity index (χ1n) is 6.31. The van der Waals surface area contributed by atoms with E-state index in [1.165, 1.54) is 7.11 Å². The van der Waals surface area contributed by atoms with Crippen LogP contribution in [0.15, 0.2) is 0 Å². The number of ketones is 1. The van der Waals surface area contributed by atoms with Gasteiger partial charge < -0.3 is 9.47 Å². The van der Waals surface area contributed by atoms with Crippen molar-refractivity contribution < 1.29 is 19.1 Å². The molecular formula is C13H25NO4. The first kappa shape index (κ1) is 17.1. The number of ether oxygens (including phenoxy) is 2. The predicted octanol–water partition coefficient (Wildman–Crippen LogP) is 1.11. The maximum Gasteiger partial charge on any atom is 0.318 e. The van der Waals surface area contributed by atoms with E-state index in [4.69, 9.17) is 4.74 Å². The summed E-state index contributed by atoms with van der Waals surface area (Å²) in [4.78, 5) is 25.6. The summed E-state index contributed by atoms with van der Waals surface area (Å²) >= 11 is 0. The molecule has 0 spiro atoms. The Balaban J connectivity index is 4.37. The fraction of sp³-hybridized carbons (Fsp3) is 0.846. The minimum absolute atomic E-state index is 0.132. The van der Waals surface area contributed by atoms with E-state index in [2.05, 4.69) is 4.74 Å². The van der Waals surface area contributed by atoms with Gasteiger partial charge in [0.15, 0.2) is 5.78 Å². The summed E-state index contributed by atoms with van der Waals surface area (Å²) in [5.74, 6) is -0.624. The minimum atomic E-state index is -1.09. The van der Waals surface area contributed by atoms with Crippen LogP contribution >= 0.6 is 0 Å². The van der Waals surface area contributed by atoms with Gasteiger partial charge in [-0.1, -0.05) is 6.92 Å². The van der Waals surface area contributed by atoms with Gasteiger partial charge >= 0.3 is 5.97 Å². The Morgan fingerprint density at radius 3 is 2.28 bits per heavy atom. The van der Waals surface area contributed by atoms with E-state index in [0.29, 0.717) is 19.8 Å². The van der Waals surface area contributed by atoms with Gasteiger partial charge in [-0.15, -0.1) is 0 Å². The van der Waals surface area contributed by atoms with Crippen molar-refractivity contribution in [2.45, 2.75) is 27.7 Å². The lowest BCUT2D eigenvalue weighted by molar-refractivity contribution is -0.156. The van der Waals surface area contributed by atoms with Gasteiger partial charge in [0.1, 0.15) is 5.41 Å². The van der Waals surface area contributed by atoms with Crippen molar-refractivity contribution in [1.29, 1.82) is 0 Å². The van der Waals surface area contributed by atoms with E-state index in [-0.39, 0.29) is 12.3 Å². The van der Waals surface area contributed by atoms with E-state index < -0.39 is 11.4 Å². The highest BCUT2D eigenvalue weighted by Gasteiger charge is 2.37. The molecule has 0 aromatic rings. The summed E-state index contributed by atoms with van der Waals surface area (Å²) in [5, 5.41) is 0. The van der Waals surface area contributed by atoms with Gasteiger partial charge in [-0.2, -0.15) is 0 Å². The molecule has 18 heavy (non-hydrogen) atoms. The zero-order valence-corrected chi connectivity index (χ0v) is 12.1. The second kappa shape index (κ2) is 8.21. The van der Waals surface area contributed by atoms with E-state index in [1.54, 1.807) is 13.8 Å². The Morgan fingerprint density at radius 1 is 1.22 bits per heavy atom. The van der Waals surface area contributed by atoms with Crippen molar-refractivity contribution in [3.8, 4) is 0 Å². The molecule has 0 fully saturated rings. The highest BCUT2D eigenvalue weighted by molar-refractivity contribution is 6.03. The van der Waals surface area contributed by atoms with Crippen LogP contribution in [0.25, 0.3) is 0 Å². The standard InChI is InChI=1S/C13H25NO4/c1-6-14(8-9-18-7-2)10-11(15)13(3,4)12(16)17-5/h6-10H2,1-5H3. The van der Waals surface area contributed by atoms with Crippen LogP contribution in [-0.4, -0.2) is 56.6 Å². The normalized spacial score (nSPS) is 11.7. The lowest BCUT2D eigenvalue weighted by Gasteiger charge is -2.25. The molecule has 0 aliphatic heterocycles. The van der Waals surface area contributed by atoms with Crippen LogP contribution in [0.2, 0.25) is 0 Å². The Kier molecular flexibility index (Phi) is 7.78. The van der Waals surface area contributed by atoms with E-state index in [0.717, 1.165) is 6.54 Å². The maximum absolute atomic E-state index is 12.1. The average molecular weight is 259 g/mol. The molecule has 0 heterocycles. The lowest BCUT2D eigenvalue weighted by Crippen LogP contribution is -2.42. The van der Waals surface area contributed by atoms with Crippen molar-refractivity contribution in [1.82, 2.24) is 4.90 Å². The lowest BCUT2D eigenvalue weighted by atomic mass is 9.88. The number of nitrogens with zero attached hydrogens (tertiary/aromatic N) is 1. The quantitative estimate of drug-likeness (QED) is 0.353. The Morgan fingerprint density at radius 2 is 1.83 bits per heavy atom. The third-order valence-corrected chi connectivity index (χ3v) is 2.96. The second-order valence-corrected chi connectivity index (χ2v) is 4.61. The van der Waals surface area contributed by atoms with Gasteiger partial charge in [-0.25, -0.2) is 0 Å². The third kappa shape index (κ3) is 5.14.